The van der Waals surface area contributed by atoms with Crippen LogP contribution in [0.2, 0.25) is 0 Å². The lowest BCUT2D eigenvalue weighted by molar-refractivity contribution is 0.0685. The lowest BCUT2D eigenvalue weighted by atomic mass is 10.3. The molecular weight excluding hydrogens is 172 g/mol. The van der Waals surface area contributed by atoms with E-state index in [0.717, 1.165) is 0 Å². The molecule has 13 heavy (non-hydrogen) atoms. The van der Waals surface area contributed by atoms with Gasteiger partial charge < -0.3 is 9.84 Å². The van der Waals surface area contributed by atoms with E-state index in [9.17, 15) is 4.79 Å². The zero-order valence-corrected chi connectivity index (χ0v) is 7.65. The summed E-state index contributed by atoms with van der Waals surface area (Å²) in [6, 6.07) is 1.51. The van der Waals surface area contributed by atoms with E-state index in [1.807, 2.05) is 6.92 Å². The van der Waals surface area contributed by atoms with Crippen LogP contribution < -0.4 is 0 Å². The number of aromatic nitrogens is 2. The standard InChI is InChI=1S/C8H12N2O3/c1-3-13-5-6-4-7(8(11)12)10(2)9-6/h4H,3,5H2,1-2H3,(H,11,12). The van der Waals surface area contributed by atoms with Crippen LogP contribution in [-0.2, 0) is 18.4 Å². The Hall–Kier alpha value is -1.36. The molecule has 0 fully saturated rings. The summed E-state index contributed by atoms with van der Waals surface area (Å²) in [6.07, 6.45) is 0. The van der Waals surface area contributed by atoms with Crippen molar-refractivity contribution in [3.8, 4) is 0 Å². The molecule has 5 heteroatoms. The third kappa shape index (κ3) is 2.29. The largest absolute Gasteiger partial charge is 0.477 e. The van der Waals surface area contributed by atoms with E-state index in [1.54, 1.807) is 7.05 Å². The third-order valence-electron chi connectivity index (χ3n) is 1.60. The number of hydrogen-bond donors (Lipinski definition) is 1. The number of rotatable bonds is 4. The highest BCUT2D eigenvalue weighted by Crippen LogP contribution is 2.04. The van der Waals surface area contributed by atoms with Gasteiger partial charge >= 0.3 is 5.97 Å². The molecule has 1 aromatic rings. The Morgan fingerprint density at radius 2 is 2.46 bits per heavy atom. The van der Waals surface area contributed by atoms with E-state index >= 15 is 0 Å². The van der Waals surface area contributed by atoms with E-state index in [2.05, 4.69) is 5.10 Å². The number of carboxylic acid groups (broad SMARTS) is 1. The molecule has 1 rings (SSSR count). The normalized spacial score (nSPS) is 10.3. The molecule has 0 radical (unpaired) electrons. The Kier molecular flexibility index (Phi) is 3.02. The van der Waals surface area contributed by atoms with E-state index in [4.69, 9.17) is 9.84 Å². The Bertz CT molecular complexity index is 306. The molecule has 0 spiro atoms. The molecule has 0 aliphatic rings. The molecule has 0 saturated carbocycles. The van der Waals surface area contributed by atoms with Crippen molar-refractivity contribution in [1.82, 2.24) is 9.78 Å². The molecule has 0 aliphatic carbocycles. The molecule has 0 saturated heterocycles. The fraction of sp³-hybridized carbons (Fsp3) is 0.500. The number of carboxylic acids is 1. The Morgan fingerprint density at radius 1 is 1.77 bits per heavy atom. The second-order valence-corrected chi connectivity index (χ2v) is 2.59. The van der Waals surface area contributed by atoms with E-state index in [0.29, 0.717) is 18.9 Å². The molecule has 0 bridgehead atoms. The Morgan fingerprint density at radius 3 is 2.92 bits per heavy atom. The summed E-state index contributed by atoms with van der Waals surface area (Å²) < 4.78 is 6.43. The monoisotopic (exact) mass is 184 g/mol. The van der Waals surface area contributed by atoms with Crippen molar-refractivity contribution >= 4 is 5.97 Å². The van der Waals surface area contributed by atoms with Crippen molar-refractivity contribution in [2.45, 2.75) is 13.5 Å². The molecule has 0 aromatic carbocycles. The van der Waals surface area contributed by atoms with Crippen molar-refractivity contribution in [2.75, 3.05) is 6.61 Å². The van der Waals surface area contributed by atoms with Crippen LogP contribution in [0.15, 0.2) is 6.07 Å². The number of hydrogen-bond acceptors (Lipinski definition) is 3. The predicted molar refractivity (Wildman–Crippen MR) is 45.5 cm³/mol. The summed E-state index contributed by atoms with van der Waals surface area (Å²) in [5, 5.41) is 12.7. The minimum absolute atomic E-state index is 0.176. The van der Waals surface area contributed by atoms with Gasteiger partial charge in [-0.05, 0) is 13.0 Å². The highest BCUT2D eigenvalue weighted by molar-refractivity contribution is 5.85. The van der Waals surface area contributed by atoms with Gasteiger partial charge in [-0.15, -0.1) is 0 Å². The van der Waals surface area contributed by atoms with E-state index < -0.39 is 5.97 Å². The van der Waals surface area contributed by atoms with E-state index in [1.165, 1.54) is 10.7 Å². The number of aryl methyl sites for hydroxylation is 1. The van der Waals surface area contributed by atoms with Crippen molar-refractivity contribution in [2.24, 2.45) is 7.05 Å². The van der Waals surface area contributed by atoms with Gasteiger partial charge in [0, 0.05) is 13.7 Å². The van der Waals surface area contributed by atoms with Gasteiger partial charge in [0.2, 0.25) is 0 Å². The smallest absolute Gasteiger partial charge is 0.354 e. The number of ether oxygens (including phenoxy) is 1. The van der Waals surface area contributed by atoms with Gasteiger partial charge in [0.25, 0.3) is 0 Å². The molecule has 72 valence electrons. The topological polar surface area (TPSA) is 64.3 Å². The SMILES string of the molecule is CCOCc1cc(C(=O)O)n(C)n1. The summed E-state index contributed by atoms with van der Waals surface area (Å²) in [5.74, 6) is -0.974. The van der Waals surface area contributed by atoms with Gasteiger partial charge in [0.05, 0.1) is 12.3 Å². The molecular formula is C8H12N2O3. The van der Waals surface area contributed by atoms with Crippen LogP contribution >= 0.6 is 0 Å². The first-order valence-corrected chi connectivity index (χ1v) is 3.99. The quantitative estimate of drug-likeness (QED) is 0.746. The van der Waals surface area contributed by atoms with E-state index in [-0.39, 0.29) is 5.69 Å². The maximum Gasteiger partial charge on any atom is 0.354 e. The zero-order valence-electron chi connectivity index (χ0n) is 7.65. The molecule has 5 nitrogen and oxygen atoms in total. The average Bonchev–Trinajstić information content (AvgIpc) is 2.43. The van der Waals surface area contributed by atoms with Gasteiger partial charge in [-0.25, -0.2) is 4.79 Å². The van der Waals surface area contributed by atoms with Gasteiger partial charge in [0.15, 0.2) is 0 Å². The molecule has 0 amide bonds. The second-order valence-electron chi connectivity index (χ2n) is 2.59. The summed E-state index contributed by atoms with van der Waals surface area (Å²) >= 11 is 0. The summed E-state index contributed by atoms with van der Waals surface area (Å²) in [6.45, 7) is 2.83. The van der Waals surface area contributed by atoms with Crippen molar-refractivity contribution in [3.05, 3.63) is 17.5 Å². The van der Waals surface area contributed by atoms with Crippen molar-refractivity contribution < 1.29 is 14.6 Å². The maximum atomic E-state index is 10.6. The number of aromatic carboxylic acids is 1. The van der Waals surface area contributed by atoms with Crippen LogP contribution in [-0.4, -0.2) is 27.5 Å². The van der Waals surface area contributed by atoms with Gasteiger partial charge in [0.1, 0.15) is 5.69 Å². The number of nitrogens with zero attached hydrogens (tertiary/aromatic N) is 2. The van der Waals surface area contributed by atoms with Gasteiger partial charge in [-0.2, -0.15) is 5.10 Å². The molecule has 1 aromatic heterocycles. The van der Waals surface area contributed by atoms with Gasteiger partial charge in [-0.1, -0.05) is 0 Å². The lowest BCUT2D eigenvalue weighted by Gasteiger charge is -1.94. The molecule has 0 unspecified atom stereocenters. The minimum Gasteiger partial charge on any atom is -0.477 e. The first-order chi connectivity index (χ1) is 6.15. The van der Waals surface area contributed by atoms with Crippen LogP contribution in [0.3, 0.4) is 0 Å². The Labute approximate surface area is 75.9 Å². The second kappa shape index (κ2) is 4.04. The van der Waals surface area contributed by atoms with Crippen molar-refractivity contribution in [3.63, 3.8) is 0 Å². The van der Waals surface area contributed by atoms with Crippen LogP contribution in [0.25, 0.3) is 0 Å². The predicted octanol–water partition coefficient (Wildman–Crippen LogP) is 0.655. The zero-order chi connectivity index (χ0) is 9.84. The van der Waals surface area contributed by atoms with Crippen LogP contribution in [0.4, 0.5) is 0 Å². The molecule has 0 aliphatic heterocycles. The Balaban J connectivity index is 2.76. The lowest BCUT2D eigenvalue weighted by Crippen LogP contribution is -2.04. The molecule has 0 atom stereocenters. The average molecular weight is 184 g/mol. The fourth-order valence-electron chi connectivity index (χ4n) is 1.00. The first kappa shape index (κ1) is 9.73. The summed E-state index contributed by atoms with van der Waals surface area (Å²) in [4.78, 5) is 10.6. The third-order valence-corrected chi connectivity index (χ3v) is 1.60. The van der Waals surface area contributed by atoms with Crippen molar-refractivity contribution in [1.29, 1.82) is 0 Å². The molecule has 1 N–H and O–H groups in total. The van der Waals surface area contributed by atoms with Crippen LogP contribution in [0.1, 0.15) is 23.1 Å². The van der Waals surface area contributed by atoms with Crippen LogP contribution in [0, 0.1) is 0 Å². The fourth-order valence-corrected chi connectivity index (χ4v) is 1.00. The molecule has 1 heterocycles. The van der Waals surface area contributed by atoms with Gasteiger partial charge in [-0.3, -0.25) is 4.68 Å². The summed E-state index contributed by atoms with van der Waals surface area (Å²) in [5.41, 5.74) is 0.816. The first-order valence-electron chi connectivity index (χ1n) is 3.99. The minimum atomic E-state index is -0.974. The highest BCUT2D eigenvalue weighted by atomic mass is 16.5. The number of carbonyl (C=O) groups is 1. The van der Waals surface area contributed by atoms with Crippen LogP contribution in [0.5, 0.6) is 0 Å². The highest BCUT2D eigenvalue weighted by Gasteiger charge is 2.10. The summed E-state index contributed by atoms with van der Waals surface area (Å²) in [7, 11) is 1.60. The maximum absolute atomic E-state index is 10.6.